The van der Waals surface area contributed by atoms with Gasteiger partial charge < -0.3 is 49.5 Å². The van der Waals surface area contributed by atoms with Crippen LogP contribution in [0.3, 0.4) is 0 Å². The zero-order valence-corrected chi connectivity index (χ0v) is 48.8. The average Bonchev–Trinajstić information content (AvgIpc) is 3.42. The monoisotopic (exact) mass is 1060 g/mol. The molecular weight excluding hydrogens is 959 g/mol. The predicted octanol–water partition coefficient (Wildman–Crippen LogP) is 14.6. The van der Waals surface area contributed by atoms with Crippen molar-refractivity contribution in [2.75, 3.05) is 59.3 Å². The van der Waals surface area contributed by atoms with Crippen LogP contribution in [0.25, 0.3) is 24.3 Å². The van der Waals surface area contributed by atoms with Crippen LogP contribution in [0.2, 0.25) is 0 Å². The Morgan fingerprint density at radius 3 is 1.13 bits per heavy atom. The molecule has 0 fully saturated rings. The first kappa shape index (κ1) is 64.4. The lowest BCUT2D eigenvalue weighted by atomic mass is 10.0. The smallest absolute Gasteiger partial charge is 0.323 e. The van der Waals surface area contributed by atoms with Crippen molar-refractivity contribution in [3.8, 4) is 34.5 Å². The highest BCUT2D eigenvalue weighted by Gasteiger charge is 2.20. The second kappa shape index (κ2) is 35.5. The largest absolute Gasteiger partial charge is 0.493 e. The number of aliphatic carboxylic acids is 1. The van der Waals surface area contributed by atoms with E-state index in [-0.39, 0.29) is 17.7 Å². The molecule has 0 aliphatic rings. The van der Waals surface area contributed by atoms with Crippen molar-refractivity contribution >= 4 is 42.2 Å². The molecule has 0 spiro atoms. The minimum absolute atomic E-state index is 0.248. The van der Waals surface area contributed by atoms with Gasteiger partial charge in [0.05, 0.1) is 45.2 Å². The highest BCUT2D eigenvalue weighted by molar-refractivity contribution is 5.98. The number of rotatable bonds is 38. The van der Waals surface area contributed by atoms with Crippen molar-refractivity contribution in [1.82, 2.24) is 16.0 Å². The Balaban J connectivity index is 2.14. The van der Waals surface area contributed by atoms with Gasteiger partial charge in [-0.05, 0) is 97.2 Å². The van der Waals surface area contributed by atoms with Crippen LogP contribution in [0.1, 0.15) is 185 Å². The molecule has 13 heteroatoms. The SMILES string of the molecule is CC[C@H](C)COc1cc(/C=C/c2cc(OC[C@@H](C)CC)c(/C=C/c3cc(OC[C@@H](C)CC)c(C(=O)NCCCCCCNC(=O)NCC(=O)O)cc3OC[C@@H](C)CC)cc2OC[C@@H](C)CC)c(OC[C@@H](C)CC)cc1C. The van der Waals surface area contributed by atoms with Crippen molar-refractivity contribution < 1.29 is 47.9 Å². The molecule has 0 saturated heterocycles. The summed E-state index contributed by atoms with van der Waals surface area (Å²) in [5.74, 6) is 4.83. The molecular formula is C63H97N3O10. The number of carbonyl (C=O) groups excluding carboxylic acids is 2. The molecule has 3 aromatic rings. The number of carboxylic acids is 1. The first-order valence-corrected chi connectivity index (χ1v) is 28.6. The number of nitrogens with one attached hydrogen (secondary N) is 3. The molecule has 0 heterocycles. The third kappa shape index (κ3) is 23.6. The molecule has 0 aliphatic carbocycles. The van der Waals surface area contributed by atoms with E-state index in [1.54, 1.807) is 0 Å². The average molecular weight is 1060 g/mol. The minimum Gasteiger partial charge on any atom is -0.493 e. The van der Waals surface area contributed by atoms with Crippen LogP contribution in [0, 0.1) is 42.4 Å². The number of urea groups is 1. The van der Waals surface area contributed by atoms with Gasteiger partial charge in [0, 0.05) is 35.3 Å². The van der Waals surface area contributed by atoms with Crippen LogP contribution in [0.15, 0.2) is 36.4 Å². The van der Waals surface area contributed by atoms with Crippen LogP contribution in [-0.2, 0) is 4.79 Å². The van der Waals surface area contributed by atoms with Gasteiger partial charge in [-0.25, -0.2) is 4.79 Å². The number of hydrogen-bond acceptors (Lipinski definition) is 9. The normalized spacial score (nSPS) is 13.9. The summed E-state index contributed by atoms with van der Waals surface area (Å²) >= 11 is 0. The van der Waals surface area contributed by atoms with Crippen molar-refractivity contribution in [2.24, 2.45) is 35.5 Å². The number of carbonyl (C=O) groups is 3. The molecule has 0 bridgehead atoms. The first-order chi connectivity index (χ1) is 36.4. The number of carboxylic acid groups (broad SMARTS) is 1. The van der Waals surface area contributed by atoms with E-state index in [0.29, 0.717) is 99.2 Å². The lowest BCUT2D eigenvalue weighted by Gasteiger charge is -2.20. The van der Waals surface area contributed by atoms with Crippen molar-refractivity contribution in [1.29, 1.82) is 0 Å². The van der Waals surface area contributed by atoms with E-state index in [2.05, 4.69) is 142 Å². The molecule has 0 saturated carbocycles. The third-order valence-corrected chi connectivity index (χ3v) is 14.1. The summed E-state index contributed by atoms with van der Waals surface area (Å²) in [6.45, 7) is 31.8. The molecule has 0 aromatic heterocycles. The summed E-state index contributed by atoms with van der Waals surface area (Å²) in [7, 11) is 0. The van der Waals surface area contributed by atoms with Gasteiger partial charge in [-0.2, -0.15) is 0 Å². The van der Waals surface area contributed by atoms with Gasteiger partial charge in [0.2, 0.25) is 0 Å². The summed E-state index contributed by atoms with van der Waals surface area (Å²) in [5.41, 5.74) is 4.83. The van der Waals surface area contributed by atoms with Crippen LogP contribution in [0.4, 0.5) is 4.79 Å². The summed E-state index contributed by atoms with van der Waals surface area (Å²) in [6, 6.07) is 11.6. The van der Waals surface area contributed by atoms with Gasteiger partial charge in [-0.15, -0.1) is 0 Å². The Kier molecular flexibility index (Phi) is 30.1. The van der Waals surface area contributed by atoms with E-state index in [0.717, 1.165) is 109 Å². The molecule has 3 rings (SSSR count). The molecule has 3 aromatic carbocycles. The number of unbranched alkanes of at least 4 members (excludes halogenated alkanes) is 3. The molecule has 0 aliphatic heterocycles. The summed E-state index contributed by atoms with van der Waals surface area (Å²) < 4.78 is 39.4. The van der Waals surface area contributed by atoms with Crippen LogP contribution in [-0.4, -0.2) is 82.3 Å². The van der Waals surface area contributed by atoms with Crippen molar-refractivity contribution in [3.63, 3.8) is 0 Å². The van der Waals surface area contributed by atoms with E-state index < -0.39 is 18.5 Å². The fourth-order valence-electron chi connectivity index (χ4n) is 7.10. The Bertz CT molecular complexity index is 2280. The van der Waals surface area contributed by atoms with Gasteiger partial charge in [-0.3, -0.25) is 9.59 Å². The maximum Gasteiger partial charge on any atom is 0.323 e. The topological polar surface area (TPSA) is 163 Å². The molecule has 6 atom stereocenters. The Morgan fingerprint density at radius 1 is 0.434 bits per heavy atom. The molecule has 76 heavy (non-hydrogen) atoms. The third-order valence-electron chi connectivity index (χ3n) is 14.1. The molecule has 13 nitrogen and oxygen atoms in total. The molecule has 3 amide bonds. The quantitative estimate of drug-likeness (QED) is 0.0321. The summed E-state index contributed by atoms with van der Waals surface area (Å²) in [6.07, 6.45) is 17.2. The zero-order chi connectivity index (χ0) is 56.0. The lowest BCUT2D eigenvalue weighted by molar-refractivity contribution is -0.135. The van der Waals surface area contributed by atoms with Crippen LogP contribution >= 0.6 is 0 Å². The van der Waals surface area contributed by atoms with Gasteiger partial charge in [-0.1, -0.05) is 159 Å². The van der Waals surface area contributed by atoms with Crippen molar-refractivity contribution in [3.05, 3.63) is 69.8 Å². The Labute approximate surface area is 457 Å². The van der Waals surface area contributed by atoms with Crippen LogP contribution < -0.4 is 44.4 Å². The lowest BCUT2D eigenvalue weighted by Crippen LogP contribution is -2.38. The Morgan fingerprint density at radius 2 is 0.750 bits per heavy atom. The van der Waals surface area contributed by atoms with E-state index in [1.165, 1.54) is 0 Å². The van der Waals surface area contributed by atoms with Gasteiger partial charge in [0.15, 0.2) is 0 Å². The second-order valence-corrected chi connectivity index (χ2v) is 21.3. The van der Waals surface area contributed by atoms with Crippen LogP contribution in [0.5, 0.6) is 34.5 Å². The number of aryl methyl sites for hydroxylation is 1. The number of benzene rings is 3. The van der Waals surface area contributed by atoms with E-state index >= 15 is 0 Å². The van der Waals surface area contributed by atoms with E-state index in [9.17, 15) is 14.4 Å². The standard InChI is InChI=1S/C63H97N3O10/c1-14-43(7)37-71-55-31-50(56(30-49(55)13)72-38-44(8)15-2)24-25-51-32-58(74-40-46(10)17-4)52(33-57(51)73-39-45(9)16-3)26-27-53-34-60(76-42-48(12)19-6)54(35-59(53)75-41-47(11)18-5)62(69)64-28-22-20-21-23-29-65-63(70)66-36-61(67)68/h24-27,30-35,43-48H,14-23,28-29,36-42H2,1-13H3,(H,64,69)(H,67,68)(H2,65,66,70)/b25-24+,27-26+/t43-,44-,45-,46-,47-,48-/m0/s1. The minimum atomic E-state index is -1.10. The van der Waals surface area contributed by atoms with Gasteiger partial charge in [0.25, 0.3) is 5.91 Å². The van der Waals surface area contributed by atoms with Gasteiger partial charge >= 0.3 is 12.0 Å². The highest BCUT2D eigenvalue weighted by atomic mass is 16.5. The highest BCUT2D eigenvalue weighted by Crippen LogP contribution is 2.37. The fourth-order valence-corrected chi connectivity index (χ4v) is 7.10. The Hall–Kier alpha value is -5.85. The van der Waals surface area contributed by atoms with E-state index in [1.807, 2.05) is 24.3 Å². The maximum absolute atomic E-state index is 14.1. The molecule has 0 radical (unpaired) electrons. The van der Waals surface area contributed by atoms with Gasteiger partial charge in [0.1, 0.15) is 41.0 Å². The molecule has 424 valence electrons. The number of hydrogen-bond donors (Lipinski definition) is 4. The second-order valence-electron chi connectivity index (χ2n) is 21.3. The zero-order valence-electron chi connectivity index (χ0n) is 48.8. The van der Waals surface area contributed by atoms with E-state index in [4.69, 9.17) is 33.5 Å². The summed E-state index contributed by atoms with van der Waals surface area (Å²) in [4.78, 5) is 36.5. The fraction of sp³-hybridized carbons (Fsp3) is 0.603. The summed E-state index contributed by atoms with van der Waals surface area (Å²) in [5, 5.41) is 16.8. The number of amides is 3. The maximum atomic E-state index is 14.1. The first-order valence-electron chi connectivity index (χ1n) is 28.6. The predicted molar refractivity (Wildman–Crippen MR) is 311 cm³/mol. The number of ether oxygens (including phenoxy) is 6. The molecule has 0 unspecified atom stereocenters. The van der Waals surface area contributed by atoms with Crippen molar-refractivity contribution in [2.45, 2.75) is 154 Å². The molecule has 4 N–H and O–H groups in total.